The molecule has 0 aromatic carbocycles. The van der Waals surface area contributed by atoms with Crippen molar-refractivity contribution in [2.24, 2.45) is 0 Å². The van der Waals surface area contributed by atoms with Crippen molar-refractivity contribution < 1.29 is 23.8 Å². The summed E-state index contributed by atoms with van der Waals surface area (Å²) in [5.74, 6) is -0.545. The molecule has 0 aromatic heterocycles. The van der Waals surface area contributed by atoms with E-state index in [1.807, 2.05) is 12.2 Å². The summed E-state index contributed by atoms with van der Waals surface area (Å²) < 4.78 is 17.2. The van der Waals surface area contributed by atoms with Crippen LogP contribution in [-0.4, -0.2) is 37.9 Å². The van der Waals surface area contributed by atoms with Gasteiger partial charge in [-0.1, -0.05) is 216 Å². The molecule has 1 atom stereocenters. The largest absolute Gasteiger partial charge is 0.461 e. The molecule has 0 saturated carbocycles. The first kappa shape index (κ1) is 55.3. The lowest BCUT2D eigenvalue weighted by molar-refractivity contribution is -0.162. The number of unbranched alkanes of at least 4 members (excludes halogenated alkanes) is 22. The molecule has 5 heteroatoms. The maximum absolute atomic E-state index is 12.7. The van der Waals surface area contributed by atoms with Crippen molar-refractivity contribution >= 4 is 11.9 Å². The van der Waals surface area contributed by atoms with Gasteiger partial charge in [-0.15, -0.1) is 0 Å². The van der Waals surface area contributed by atoms with Gasteiger partial charge in [-0.25, -0.2) is 0 Å². The summed E-state index contributed by atoms with van der Waals surface area (Å²) in [5.41, 5.74) is 0. The lowest BCUT2D eigenvalue weighted by Crippen LogP contribution is -2.30. The monoisotopic (exact) mass is 809 g/mol. The molecular formula is C53H92O5. The average molecular weight is 809 g/mol. The molecule has 0 bridgehead atoms. The molecule has 0 heterocycles. The minimum Gasteiger partial charge on any atom is -0.461 e. The molecule has 0 amide bonds. The summed E-state index contributed by atoms with van der Waals surface area (Å²) in [7, 11) is 0. The number of allylic oxidation sites excluding steroid dienone is 11. The number of rotatable bonds is 44. The molecule has 0 aliphatic rings. The van der Waals surface area contributed by atoms with Crippen LogP contribution in [0.4, 0.5) is 0 Å². The summed E-state index contributed by atoms with van der Waals surface area (Å²) in [5, 5.41) is 0. The van der Waals surface area contributed by atoms with E-state index in [4.69, 9.17) is 14.2 Å². The normalized spacial score (nSPS) is 12.8. The second kappa shape index (κ2) is 48.7. The van der Waals surface area contributed by atoms with Gasteiger partial charge in [-0.2, -0.15) is 0 Å². The van der Waals surface area contributed by atoms with Gasteiger partial charge in [-0.05, 0) is 70.6 Å². The van der Waals surface area contributed by atoms with Crippen LogP contribution in [-0.2, 0) is 23.8 Å². The third kappa shape index (κ3) is 46.0. The zero-order chi connectivity index (χ0) is 42.1. The van der Waals surface area contributed by atoms with Gasteiger partial charge in [-0.3, -0.25) is 9.59 Å². The van der Waals surface area contributed by atoms with Gasteiger partial charge < -0.3 is 14.2 Å². The molecule has 0 aliphatic carbocycles. The van der Waals surface area contributed by atoms with E-state index in [9.17, 15) is 9.59 Å². The summed E-state index contributed by atoms with van der Waals surface area (Å²) in [6.07, 6.45) is 62.1. The van der Waals surface area contributed by atoms with E-state index in [-0.39, 0.29) is 31.6 Å². The number of hydrogen-bond donors (Lipinski definition) is 0. The van der Waals surface area contributed by atoms with E-state index < -0.39 is 6.10 Å². The molecule has 334 valence electrons. The van der Waals surface area contributed by atoms with Gasteiger partial charge in [0.15, 0.2) is 6.10 Å². The predicted octanol–water partition coefficient (Wildman–Crippen LogP) is 16.3. The van der Waals surface area contributed by atoms with E-state index in [0.29, 0.717) is 13.0 Å². The van der Waals surface area contributed by atoms with E-state index in [2.05, 4.69) is 81.5 Å². The van der Waals surface area contributed by atoms with Gasteiger partial charge in [0, 0.05) is 13.0 Å². The van der Waals surface area contributed by atoms with Crippen LogP contribution in [0.3, 0.4) is 0 Å². The van der Waals surface area contributed by atoms with Crippen molar-refractivity contribution in [1.82, 2.24) is 0 Å². The van der Waals surface area contributed by atoms with E-state index in [0.717, 1.165) is 57.8 Å². The Morgan fingerprint density at radius 3 is 1.31 bits per heavy atom. The molecule has 1 unspecified atom stereocenters. The van der Waals surface area contributed by atoms with Gasteiger partial charge in [0.1, 0.15) is 6.61 Å². The van der Waals surface area contributed by atoms with Crippen LogP contribution in [0.5, 0.6) is 0 Å². The fraction of sp³-hybridized carbons (Fsp3) is 0.736. The third-order valence-electron chi connectivity index (χ3n) is 10.3. The maximum atomic E-state index is 12.7. The van der Waals surface area contributed by atoms with Crippen molar-refractivity contribution in [2.45, 2.75) is 232 Å². The molecule has 0 saturated heterocycles. The van der Waals surface area contributed by atoms with E-state index in [1.165, 1.54) is 135 Å². The summed E-state index contributed by atoms with van der Waals surface area (Å²) in [6, 6.07) is 0. The summed E-state index contributed by atoms with van der Waals surface area (Å²) in [4.78, 5) is 25.2. The van der Waals surface area contributed by atoms with Crippen molar-refractivity contribution in [1.29, 1.82) is 0 Å². The quantitative estimate of drug-likeness (QED) is 0.0348. The Morgan fingerprint density at radius 2 is 0.828 bits per heavy atom. The highest BCUT2D eigenvalue weighted by Crippen LogP contribution is 2.14. The first-order valence-corrected chi connectivity index (χ1v) is 24.5. The van der Waals surface area contributed by atoms with Gasteiger partial charge in [0.2, 0.25) is 0 Å². The lowest BCUT2D eigenvalue weighted by Gasteiger charge is -2.18. The molecule has 0 aliphatic heterocycles. The van der Waals surface area contributed by atoms with E-state index >= 15 is 0 Å². The lowest BCUT2D eigenvalue weighted by atomic mass is 10.1. The van der Waals surface area contributed by atoms with Crippen LogP contribution in [0.2, 0.25) is 0 Å². The Morgan fingerprint density at radius 1 is 0.414 bits per heavy atom. The van der Waals surface area contributed by atoms with Crippen LogP contribution in [0, 0.1) is 0 Å². The zero-order valence-corrected chi connectivity index (χ0v) is 38.3. The predicted molar refractivity (Wildman–Crippen MR) is 251 cm³/mol. The van der Waals surface area contributed by atoms with Crippen molar-refractivity contribution in [3.05, 3.63) is 72.9 Å². The van der Waals surface area contributed by atoms with E-state index in [1.54, 1.807) is 0 Å². The highest BCUT2D eigenvalue weighted by Gasteiger charge is 2.17. The molecule has 58 heavy (non-hydrogen) atoms. The smallest absolute Gasteiger partial charge is 0.309 e. The van der Waals surface area contributed by atoms with Crippen LogP contribution >= 0.6 is 0 Å². The Kier molecular flexibility index (Phi) is 46.5. The SMILES string of the molecule is CC/C=C\C/C=C\C/C=C\C/C=C\C/C=C\CC(=O)OCC(COCCCCCCCC/C=C\CCCCCCCC)OC(=O)CCCCCCCCCCCCC. The highest BCUT2D eigenvalue weighted by atomic mass is 16.6. The Bertz CT molecular complexity index is 1050. The van der Waals surface area contributed by atoms with Crippen LogP contribution in [0.1, 0.15) is 226 Å². The molecule has 0 fully saturated rings. The Balaban J connectivity index is 4.37. The molecule has 0 N–H and O–H groups in total. The van der Waals surface area contributed by atoms with Gasteiger partial charge in [0.05, 0.1) is 13.0 Å². The van der Waals surface area contributed by atoms with Crippen LogP contribution < -0.4 is 0 Å². The maximum Gasteiger partial charge on any atom is 0.309 e. The number of esters is 2. The highest BCUT2D eigenvalue weighted by molar-refractivity contribution is 5.71. The van der Waals surface area contributed by atoms with Crippen LogP contribution in [0.25, 0.3) is 0 Å². The summed E-state index contributed by atoms with van der Waals surface area (Å²) in [6.45, 7) is 7.59. The van der Waals surface area contributed by atoms with Gasteiger partial charge in [0.25, 0.3) is 0 Å². The second-order valence-corrected chi connectivity index (χ2v) is 16.0. The Labute approximate surface area is 359 Å². The first-order valence-electron chi connectivity index (χ1n) is 24.5. The van der Waals surface area contributed by atoms with Crippen molar-refractivity contribution in [2.75, 3.05) is 19.8 Å². The molecule has 0 radical (unpaired) electrons. The number of hydrogen-bond acceptors (Lipinski definition) is 5. The molecule has 5 nitrogen and oxygen atoms in total. The molecule has 0 aromatic rings. The molecule has 0 rings (SSSR count). The molecular weight excluding hydrogens is 717 g/mol. The minimum atomic E-state index is -0.577. The van der Waals surface area contributed by atoms with Gasteiger partial charge >= 0.3 is 11.9 Å². The topological polar surface area (TPSA) is 61.8 Å². The standard InChI is InChI=1S/C53H92O5/c1-4-7-10-13-16-19-22-24-26-28-30-33-36-39-42-45-48-56-49-51(58-53(55)47-44-41-38-35-31-21-18-15-12-9-6-3)50-57-52(54)46-43-40-37-34-32-29-27-25-23-20-17-14-11-8-5-2/h8,11,17,20,24-27,32,34,40,43,51H,4-7,9-10,12-16,18-19,21-23,28-31,33,35-39,41-42,44-50H2,1-3H3/b11-8-,20-17-,26-24-,27-25-,34-32-,43-40-. The third-order valence-corrected chi connectivity index (χ3v) is 10.3. The van der Waals surface area contributed by atoms with Crippen molar-refractivity contribution in [3.63, 3.8) is 0 Å². The number of carbonyl (C=O) groups is 2. The number of ether oxygens (including phenoxy) is 3. The fourth-order valence-electron chi connectivity index (χ4n) is 6.64. The Hall–Kier alpha value is -2.66. The first-order chi connectivity index (χ1) is 28.6. The second-order valence-electron chi connectivity index (χ2n) is 16.0. The molecule has 0 spiro atoms. The van der Waals surface area contributed by atoms with Crippen molar-refractivity contribution in [3.8, 4) is 0 Å². The number of carbonyl (C=O) groups excluding carboxylic acids is 2. The fourth-order valence-corrected chi connectivity index (χ4v) is 6.64. The average Bonchev–Trinajstić information content (AvgIpc) is 3.22. The summed E-state index contributed by atoms with van der Waals surface area (Å²) >= 11 is 0. The zero-order valence-electron chi connectivity index (χ0n) is 38.3. The minimum absolute atomic E-state index is 0.0287. The van der Waals surface area contributed by atoms with Crippen LogP contribution in [0.15, 0.2) is 72.9 Å².